The van der Waals surface area contributed by atoms with Crippen LogP contribution in [0.5, 0.6) is 0 Å². The Kier molecular flexibility index (Phi) is 4.11. The average molecular weight is 343 g/mol. The van der Waals surface area contributed by atoms with Crippen molar-refractivity contribution in [3.05, 3.63) is 34.9 Å². The molecule has 1 saturated heterocycles. The van der Waals surface area contributed by atoms with Gasteiger partial charge in [-0.1, -0.05) is 6.92 Å². The molecule has 0 aliphatic carbocycles. The number of aryl methyl sites for hydroxylation is 1. The van der Waals surface area contributed by atoms with Crippen LogP contribution < -0.4 is 0 Å². The molecule has 2 aliphatic rings. The van der Waals surface area contributed by atoms with E-state index in [1.807, 2.05) is 22.7 Å². The van der Waals surface area contributed by atoms with Crippen molar-refractivity contribution in [3.8, 4) is 0 Å². The minimum absolute atomic E-state index is 0.0790. The molecule has 1 fully saturated rings. The van der Waals surface area contributed by atoms with Crippen molar-refractivity contribution in [2.45, 2.75) is 51.7 Å². The number of amides is 1. The van der Waals surface area contributed by atoms with E-state index in [2.05, 4.69) is 22.2 Å². The first-order chi connectivity index (χ1) is 12.1. The van der Waals surface area contributed by atoms with Crippen LogP contribution in [0.25, 0.3) is 0 Å². The molecule has 4 heterocycles. The Morgan fingerprint density at radius 2 is 2.16 bits per heavy atom. The second-order valence-electron chi connectivity index (χ2n) is 7.02. The van der Waals surface area contributed by atoms with Gasteiger partial charge in [0.15, 0.2) is 0 Å². The van der Waals surface area contributed by atoms with Crippen LogP contribution in [0.1, 0.15) is 53.5 Å². The smallest absolute Gasteiger partial charge is 0.257 e. The van der Waals surface area contributed by atoms with E-state index >= 15 is 0 Å². The number of H-pyrrole nitrogens is 1. The van der Waals surface area contributed by atoms with Gasteiger partial charge in [0.1, 0.15) is 5.60 Å². The molecule has 0 atom stereocenters. The molecule has 25 heavy (non-hydrogen) atoms. The van der Waals surface area contributed by atoms with Crippen molar-refractivity contribution >= 4 is 5.91 Å². The Labute approximate surface area is 147 Å². The van der Waals surface area contributed by atoms with E-state index in [4.69, 9.17) is 4.74 Å². The third-order valence-electron chi connectivity index (χ3n) is 5.55. The van der Waals surface area contributed by atoms with Gasteiger partial charge in [-0.25, -0.2) is 0 Å². The molecule has 0 saturated carbocycles. The third-order valence-corrected chi connectivity index (χ3v) is 5.55. The first-order valence-corrected chi connectivity index (χ1v) is 9.13. The number of aromatic amines is 1. The molecule has 1 amide bonds. The highest BCUT2D eigenvalue weighted by atomic mass is 16.5. The molecular weight excluding hydrogens is 318 g/mol. The summed E-state index contributed by atoms with van der Waals surface area (Å²) in [5.41, 5.74) is 3.73. The molecule has 1 spiro atoms. The van der Waals surface area contributed by atoms with Gasteiger partial charge in [0.25, 0.3) is 5.91 Å². The van der Waals surface area contributed by atoms with Gasteiger partial charge in [-0.15, -0.1) is 0 Å². The van der Waals surface area contributed by atoms with Gasteiger partial charge in [0.2, 0.25) is 0 Å². The zero-order valence-corrected chi connectivity index (χ0v) is 14.9. The number of piperidine rings is 1. The van der Waals surface area contributed by atoms with Crippen molar-refractivity contribution in [2.75, 3.05) is 19.7 Å². The van der Waals surface area contributed by atoms with Crippen LogP contribution in [-0.4, -0.2) is 50.5 Å². The number of nitrogens with zero attached hydrogens (tertiary/aromatic N) is 4. The minimum Gasteiger partial charge on any atom is -0.368 e. The molecule has 0 bridgehead atoms. The van der Waals surface area contributed by atoms with E-state index in [1.165, 1.54) is 5.56 Å². The van der Waals surface area contributed by atoms with Gasteiger partial charge in [0, 0.05) is 25.3 Å². The molecule has 1 N–H and O–H groups in total. The summed E-state index contributed by atoms with van der Waals surface area (Å²) in [5, 5.41) is 11.7. The lowest BCUT2D eigenvalue weighted by Gasteiger charge is -2.43. The number of rotatable bonds is 3. The van der Waals surface area contributed by atoms with Crippen molar-refractivity contribution in [1.29, 1.82) is 0 Å². The van der Waals surface area contributed by atoms with Gasteiger partial charge in [-0.2, -0.15) is 10.2 Å². The molecule has 0 unspecified atom stereocenters. The van der Waals surface area contributed by atoms with Crippen LogP contribution in [0.2, 0.25) is 0 Å². The lowest BCUT2D eigenvalue weighted by Crippen LogP contribution is -2.48. The van der Waals surface area contributed by atoms with E-state index in [9.17, 15) is 4.79 Å². The summed E-state index contributed by atoms with van der Waals surface area (Å²) in [6.45, 7) is 7.04. The topological polar surface area (TPSA) is 76.0 Å². The van der Waals surface area contributed by atoms with Gasteiger partial charge in [-0.3, -0.25) is 14.6 Å². The highest BCUT2D eigenvalue weighted by Crippen LogP contribution is 2.40. The first kappa shape index (κ1) is 16.3. The number of hydrogen-bond acceptors (Lipinski definition) is 4. The zero-order valence-electron chi connectivity index (χ0n) is 14.9. The summed E-state index contributed by atoms with van der Waals surface area (Å²) >= 11 is 0. The first-order valence-electron chi connectivity index (χ1n) is 9.13. The Balaban J connectivity index is 1.49. The van der Waals surface area contributed by atoms with Crippen LogP contribution in [0, 0.1) is 6.92 Å². The third kappa shape index (κ3) is 2.66. The average Bonchev–Trinajstić information content (AvgIpc) is 3.24. The van der Waals surface area contributed by atoms with E-state index in [0.717, 1.165) is 55.8 Å². The summed E-state index contributed by atoms with van der Waals surface area (Å²) in [6.07, 6.45) is 7.13. The fourth-order valence-corrected chi connectivity index (χ4v) is 4.05. The minimum atomic E-state index is -0.303. The predicted octanol–water partition coefficient (Wildman–Crippen LogP) is 2.03. The monoisotopic (exact) mass is 343 g/mol. The maximum Gasteiger partial charge on any atom is 0.257 e. The van der Waals surface area contributed by atoms with Crippen molar-refractivity contribution < 1.29 is 9.53 Å². The number of carbonyl (C=O) groups excluding carboxylic acids is 1. The van der Waals surface area contributed by atoms with Gasteiger partial charge >= 0.3 is 0 Å². The Morgan fingerprint density at radius 3 is 2.92 bits per heavy atom. The van der Waals surface area contributed by atoms with Gasteiger partial charge in [0.05, 0.1) is 30.3 Å². The molecule has 4 rings (SSSR count). The molecule has 2 aromatic rings. The Morgan fingerprint density at radius 1 is 1.36 bits per heavy atom. The van der Waals surface area contributed by atoms with E-state index in [-0.39, 0.29) is 11.5 Å². The lowest BCUT2D eigenvalue weighted by atomic mass is 9.83. The van der Waals surface area contributed by atoms with Crippen LogP contribution >= 0.6 is 0 Å². The number of hydrogen-bond donors (Lipinski definition) is 1. The molecule has 0 radical (unpaired) electrons. The highest BCUT2D eigenvalue weighted by molar-refractivity contribution is 5.95. The lowest BCUT2D eigenvalue weighted by molar-refractivity contribution is -0.0962. The summed E-state index contributed by atoms with van der Waals surface area (Å²) in [5.74, 6) is 0.0790. The van der Waals surface area contributed by atoms with Crippen LogP contribution in [0.15, 0.2) is 12.4 Å². The van der Waals surface area contributed by atoms with Crippen LogP contribution in [-0.2, 0) is 23.3 Å². The van der Waals surface area contributed by atoms with E-state index in [1.54, 1.807) is 6.20 Å². The summed E-state index contributed by atoms with van der Waals surface area (Å²) in [6, 6.07) is 0. The second-order valence-corrected chi connectivity index (χ2v) is 7.02. The van der Waals surface area contributed by atoms with Crippen molar-refractivity contribution in [3.63, 3.8) is 0 Å². The fourth-order valence-electron chi connectivity index (χ4n) is 4.05. The number of fused-ring (bicyclic) bond motifs is 2. The summed E-state index contributed by atoms with van der Waals surface area (Å²) in [4.78, 5) is 14.8. The summed E-state index contributed by atoms with van der Waals surface area (Å²) < 4.78 is 8.08. The quantitative estimate of drug-likeness (QED) is 0.925. The maximum absolute atomic E-state index is 12.9. The normalized spacial score (nSPS) is 19.2. The maximum atomic E-state index is 12.9. The largest absolute Gasteiger partial charge is 0.368 e. The Bertz CT molecular complexity index is 770. The van der Waals surface area contributed by atoms with Crippen molar-refractivity contribution in [1.82, 2.24) is 24.9 Å². The molecule has 0 aromatic carbocycles. The number of aromatic nitrogens is 4. The van der Waals surface area contributed by atoms with Gasteiger partial charge in [-0.05, 0) is 38.2 Å². The fraction of sp³-hybridized carbons (Fsp3) is 0.611. The number of nitrogens with one attached hydrogen (secondary N) is 1. The number of likely N-dealkylation sites (tertiary alicyclic amines) is 1. The van der Waals surface area contributed by atoms with E-state index < -0.39 is 0 Å². The molecule has 7 nitrogen and oxygen atoms in total. The molecule has 2 aromatic heterocycles. The standard InChI is InChI=1S/C18H25N5O2/c1-3-7-23-13(2)15(12-20-23)17(24)22-8-5-18(6-9-22)16-14(4-10-25-18)11-19-21-16/h11-12H,3-10H2,1-2H3,(H,19,21). The van der Waals surface area contributed by atoms with Crippen LogP contribution in [0.4, 0.5) is 0 Å². The highest BCUT2D eigenvalue weighted by Gasteiger charge is 2.43. The van der Waals surface area contributed by atoms with Crippen LogP contribution in [0.3, 0.4) is 0 Å². The zero-order chi connectivity index (χ0) is 17.4. The Hall–Kier alpha value is -2.15. The number of carbonyl (C=O) groups is 1. The molecule has 2 aliphatic heterocycles. The molecule has 7 heteroatoms. The molecule has 134 valence electrons. The molecular formula is C18H25N5O2. The summed E-state index contributed by atoms with van der Waals surface area (Å²) in [7, 11) is 0. The van der Waals surface area contributed by atoms with E-state index in [0.29, 0.717) is 13.1 Å². The van der Waals surface area contributed by atoms with Crippen molar-refractivity contribution in [2.24, 2.45) is 0 Å². The second kappa shape index (κ2) is 6.29. The van der Waals surface area contributed by atoms with Gasteiger partial charge < -0.3 is 9.64 Å². The predicted molar refractivity (Wildman–Crippen MR) is 92.3 cm³/mol. The SMILES string of the molecule is CCCn1ncc(C(=O)N2CCC3(CC2)OCCc2cn[nH]c23)c1C. The number of ether oxygens (including phenoxy) is 1.